The molecule has 6 nitrogen and oxygen atoms in total. The number of nitro groups is 1. The standard InChI is InChI=1S/C14H8BrClF3N3O3/c15-10-5-9(16)3-7(13(10)23)6-20-21-11-2-1-8(14(17,18)19)4-12(11)22(24)25/h1-6,21,23H/b20-6-. The van der Waals surface area contributed by atoms with Crippen molar-refractivity contribution in [1.82, 2.24) is 0 Å². The first-order chi connectivity index (χ1) is 11.6. The Morgan fingerprint density at radius 1 is 1.32 bits per heavy atom. The van der Waals surface area contributed by atoms with Gasteiger partial charge in [0.25, 0.3) is 5.69 Å². The fraction of sp³-hybridized carbons (Fsp3) is 0.0714. The zero-order valence-corrected chi connectivity index (χ0v) is 14.4. The number of hydrogen-bond acceptors (Lipinski definition) is 5. The number of aromatic hydroxyl groups is 1. The Kier molecular flexibility index (Phi) is 5.53. The maximum atomic E-state index is 12.6. The molecular weight excluding hydrogens is 431 g/mol. The lowest BCUT2D eigenvalue weighted by atomic mass is 10.1. The summed E-state index contributed by atoms with van der Waals surface area (Å²) in [6, 6.07) is 4.83. The van der Waals surface area contributed by atoms with Crippen LogP contribution in [-0.4, -0.2) is 16.2 Å². The van der Waals surface area contributed by atoms with Gasteiger partial charge in [0.05, 0.1) is 21.2 Å². The van der Waals surface area contributed by atoms with Crippen molar-refractivity contribution >= 4 is 45.1 Å². The van der Waals surface area contributed by atoms with Crippen molar-refractivity contribution in [3.05, 3.63) is 61.1 Å². The van der Waals surface area contributed by atoms with Crippen molar-refractivity contribution in [1.29, 1.82) is 0 Å². The summed E-state index contributed by atoms with van der Waals surface area (Å²) in [5.41, 5.74) is 0.297. The fourth-order valence-electron chi connectivity index (χ4n) is 1.81. The molecule has 0 amide bonds. The van der Waals surface area contributed by atoms with E-state index in [0.717, 1.165) is 12.3 Å². The largest absolute Gasteiger partial charge is 0.506 e. The number of nitro benzene ring substituents is 1. The Morgan fingerprint density at radius 3 is 2.60 bits per heavy atom. The van der Waals surface area contributed by atoms with Crippen LogP contribution in [-0.2, 0) is 6.18 Å². The molecule has 2 aromatic carbocycles. The number of hydrazone groups is 1. The van der Waals surface area contributed by atoms with Gasteiger partial charge in [-0.05, 0) is 40.2 Å². The van der Waals surface area contributed by atoms with Crippen LogP contribution in [0.2, 0.25) is 5.02 Å². The number of rotatable bonds is 4. The highest BCUT2D eigenvalue weighted by atomic mass is 79.9. The minimum Gasteiger partial charge on any atom is -0.506 e. The van der Waals surface area contributed by atoms with Crippen LogP contribution in [0, 0.1) is 10.1 Å². The second-order valence-electron chi connectivity index (χ2n) is 4.68. The van der Waals surface area contributed by atoms with E-state index in [2.05, 4.69) is 26.5 Å². The molecule has 0 aliphatic heterocycles. The Hall–Kier alpha value is -2.33. The maximum Gasteiger partial charge on any atom is 0.416 e. The van der Waals surface area contributed by atoms with Gasteiger partial charge in [-0.15, -0.1) is 0 Å². The van der Waals surface area contributed by atoms with Gasteiger partial charge in [-0.3, -0.25) is 15.5 Å². The SMILES string of the molecule is O=[N+]([O-])c1cc(C(F)(F)F)ccc1N/N=C\c1cc(Cl)cc(Br)c1O. The molecule has 0 heterocycles. The lowest BCUT2D eigenvalue weighted by molar-refractivity contribution is -0.384. The van der Waals surface area contributed by atoms with Crippen molar-refractivity contribution in [3.8, 4) is 5.75 Å². The highest BCUT2D eigenvalue weighted by molar-refractivity contribution is 9.10. The van der Waals surface area contributed by atoms with E-state index in [4.69, 9.17) is 11.6 Å². The first-order valence-corrected chi connectivity index (χ1v) is 7.59. The van der Waals surface area contributed by atoms with E-state index < -0.39 is 22.4 Å². The first-order valence-electron chi connectivity index (χ1n) is 6.42. The van der Waals surface area contributed by atoms with E-state index in [1.807, 2.05) is 0 Å². The number of anilines is 1. The second kappa shape index (κ2) is 7.28. The molecule has 0 saturated carbocycles. The highest BCUT2D eigenvalue weighted by Crippen LogP contribution is 2.35. The van der Waals surface area contributed by atoms with Crippen LogP contribution >= 0.6 is 27.5 Å². The molecule has 0 aliphatic rings. The molecule has 0 saturated heterocycles. The molecule has 11 heteroatoms. The van der Waals surface area contributed by atoms with Gasteiger partial charge < -0.3 is 5.11 Å². The first kappa shape index (κ1) is 19.0. The zero-order chi connectivity index (χ0) is 18.8. The maximum absolute atomic E-state index is 12.6. The van der Waals surface area contributed by atoms with Gasteiger partial charge in [0.15, 0.2) is 0 Å². The molecule has 0 spiro atoms. The molecular formula is C14H8BrClF3N3O3. The topological polar surface area (TPSA) is 87.8 Å². The lowest BCUT2D eigenvalue weighted by Crippen LogP contribution is -2.06. The Balaban J connectivity index is 2.30. The smallest absolute Gasteiger partial charge is 0.416 e. The summed E-state index contributed by atoms with van der Waals surface area (Å²) in [7, 11) is 0. The molecule has 0 aromatic heterocycles. The number of nitrogens with one attached hydrogen (secondary N) is 1. The Morgan fingerprint density at radius 2 is 2.00 bits per heavy atom. The quantitative estimate of drug-likeness (QED) is 0.391. The fourth-order valence-corrected chi connectivity index (χ4v) is 2.64. The summed E-state index contributed by atoms with van der Waals surface area (Å²) in [5, 5.41) is 24.8. The normalized spacial score (nSPS) is 11.7. The van der Waals surface area contributed by atoms with Gasteiger partial charge in [0.1, 0.15) is 11.4 Å². The summed E-state index contributed by atoms with van der Waals surface area (Å²) in [4.78, 5) is 10.0. The van der Waals surface area contributed by atoms with Crippen LogP contribution in [0.3, 0.4) is 0 Å². The number of halogens is 5. The van der Waals surface area contributed by atoms with E-state index in [9.17, 15) is 28.4 Å². The van der Waals surface area contributed by atoms with E-state index in [1.54, 1.807) is 0 Å². The molecule has 0 unspecified atom stereocenters. The molecule has 2 N–H and O–H groups in total. The van der Waals surface area contributed by atoms with Crippen molar-refractivity contribution in [2.24, 2.45) is 5.10 Å². The molecule has 0 aliphatic carbocycles. The summed E-state index contributed by atoms with van der Waals surface area (Å²) >= 11 is 8.90. The Bertz CT molecular complexity index is 859. The minimum absolute atomic E-state index is 0.170. The molecule has 0 radical (unpaired) electrons. The third-order valence-corrected chi connectivity index (χ3v) is 3.79. The second-order valence-corrected chi connectivity index (χ2v) is 5.97. The molecule has 2 rings (SSSR count). The minimum atomic E-state index is -4.70. The number of nitrogens with zero attached hydrogens (tertiary/aromatic N) is 2. The lowest BCUT2D eigenvalue weighted by Gasteiger charge is -2.08. The summed E-state index contributed by atoms with van der Waals surface area (Å²) in [6.45, 7) is 0. The molecule has 132 valence electrons. The van der Waals surface area contributed by atoms with Gasteiger partial charge in [0, 0.05) is 16.7 Å². The van der Waals surface area contributed by atoms with Gasteiger partial charge in [0.2, 0.25) is 0 Å². The van der Waals surface area contributed by atoms with Crippen LogP contribution < -0.4 is 5.43 Å². The number of alkyl halides is 3. The van der Waals surface area contributed by atoms with Crippen LogP contribution in [0.1, 0.15) is 11.1 Å². The van der Waals surface area contributed by atoms with E-state index in [0.29, 0.717) is 21.6 Å². The zero-order valence-electron chi connectivity index (χ0n) is 12.0. The summed E-state index contributed by atoms with van der Waals surface area (Å²) < 4.78 is 38.2. The van der Waals surface area contributed by atoms with Gasteiger partial charge >= 0.3 is 6.18 Å². The van der Waals surface area contributed by atoms with Crippen molar-refractivity contribution < 1.29 is 23.2 Å². The molecule has 0 atom stereocenters. The average molecular weight is 439 g/mol. The summed E-state index contributed by atoms with van der Waals surface area (Å²) in [6.07, 6.45) is -3.58. The van der Waals surface area contributed by atoms with E-state index in [1.165, 1.54) is 12.1 Å². The van der Waals surface area contributed by atoms with Crippen LogP contribution in [0.5, 0.6) is 5.75 Å². The molecule has 25 heavy (non-hydrogen) atoms. The highest BCUT2D eigenvalue weighted by Gasteiger charge is 2.33. The van der Waals surface area contributed by atoms with Gasteiger partial charge in [-0.25, -0.2) is 0 Å². The number of phenolic OH excluding ortho intramolecular Hbond substituents is 1. The van der Waals surface area contributed by atoms with Crippen molar-refractivity contribution in [3.63, 3.8) is 0 Å². The predicted molar refractivity (Wildman–Crippen MR) is 90.1 cm³/mol. The monoisotopic (exact) mass is 437 g/mol. The van der Waals surface area contributed by atoms with Gasteiger partial charge in [-0.1, -0.05) is 11.6 Å². The molecule has 0 bridgehead atoms. The number of phenols is 1. The van der Waals surface area contributed by atoms with Crippen molar-refractivity contribution in [2.45, 2.75) is 6.18 Å². The van der Waals surface area contributed by atoms with Crippen LogP contribution in [0.25, 0.3) is 0 Å². The summed E-state index contributed by atoms with van der Waals surface area (Å²) in [5.74, 6) is -0.170. The van der Waals surface area contributed by atoms with E-state index >= 15 is 0 Å². The van der Waals surface area contributed by atoms with E-state index in [-0.39, 0.29) is 17.0 Å². The third-order valence-electron chi connectivity index (χ3n) is 2.97. The predicted octanol–water partition coefficient (Wildman–Crippen LogP) is 5.18. The molecule has 0 fully saturated rings. The Labute approximate surface area is 152 Å². The van der Waals surface area contributed by atoms with Crippen LogP contribution in [0.4, 0.5) is 24.5 Å². The van der Waals surface area contributed by atoms with Crippen molar-refractivity contribution in [2.75, 3.05) is 5.43 Å². The number of benzene rings is 2. The average Bonchev–Trinajstić information content (AvgIpc) is 2.50. The van der Waals surface area contributed by atoms with Gasteiger partial charge in [-0.2, -0.15) is 18.3 Å². The third kappa shape index (κ3) is 4.60. The number of hydrogen-bond donors (Lipinski definition) is 2. The van der Waals surface area contributed by atoms with Crippen LogP contribution in [0.15, 0.2) is 39.9 Å². The molecule has 2 aromatic rings.